The molecule has 0 aliphatic carbocycles. The molecule has 2 aromatic rings. The van der Waals surface area contributed by atoms with E-state index in [4.69, 9.17) is 14.2 Å². The summed E-state index contributed by atoms with van der Waals surface area (Å²) in [4.78, 5) is 38.7. The molecule has 1 atom stereocenters. The van der Waals surface area contributed by atoms with Gasteiger partial charge in [0.15, 0.2) is 22.9 Å². The number of amides is 1. The number of carbonyl (C=O) groups is 3. The molecule has 2 aliphatic rings. The largest absolute Gasteiger partial charge is 0.465 e. The van der Waals surface area contributed by atoms with Crippen molar-refractivity contribution in [3.8, 4) is 11.5 Å². The average Bonchev–Trinajstić information content (AvgIpc) is 3.30. The summed E-state index contributed by atoms with van der Waals surface area (Å²) in [6.07, 6.45) is 2.43. The fraction of sp³-hybridized carbons (Fsp3) is 0.261. The number of hydrogen-bond acceptors (Lipinski definition) is 7. The van der Waals surface area contributed by atoms with Gasteiger partial charge in [-0.3, -0.25) is 19.3 Å². The average molecular weight is 423 g/mol. The molecule has 8 heteroatoms. The highest BCUT2D eigenvalue weighted by molar-refractivity contribution is 6.11. The van der Waals surface area contributed by atoms with Crippen LogP contribution in [0.2, 0.25) is 0 Å². The molecular formula is C23H21NO7. The highest BCUT2D eigenvalue weighted by Crippen LogP contribution is 2.42. The van der Waals surface area contributed by atoms with Crippen molar-refractivity contribution in [3.05, 3.63) is 59.7 Å². The summed E-state index contributed by atoms with van der Waals surface area (Å²) in [6.45, 7) is 1.65. The van der Waals surface area contributed by atoms with Crippen LogP contribution in [0, 0.1) is 0 Å². The van der Waals surface area contributed by atoms with Gasteiger partial charge in [-0.25, -0.2) is 0 Å². The van der Waals surface area contributed by atoms with E-state index in [0.717, 1.165) is 4.90 Å². The number of ketones is 1. The molecule has 0 aromatic heterocycles. The molecule has 2 aliphatic heterocycles. The Hall–Kier alpha value is -3.65. The van der Waals surface area contributed by atoms with Crippen LogP contribution in [0.1, 0.15) is 24.5 Å². The number of fused-ring (bicyclic) bond motifs is 2. The molecule has 0 radical (unpaired) electrons. The second-order valence-corrected chi connectivity index (χ2v) is 7.16. The third-order valence-corrected chi connectivity index (χ3v) is 5.12. The number of para-hydroxylation sites is 1. The minimum Gasteiger partial charge on any atom is -0.465 e. The van der Waals surface area contributed by atoms with Crippen molar-refractivity contribution in [1.82, 2.24) is 0 Å². The molecular weight excluding hydrogens is 402 g/mol. The van der Waals surface area contributed by atoms with Gasteiger partial charge < -0.3 is 19.3 Å². The van der Waals surface area contributed by atoms with Gasteiger partial charge in [0.2, 0.25) is 6.79 Å². The number of allylic oxidation sites excluding steroid dienone is 1. The first-order chi connectivity index (χ1) is 14.9. The lowest BCUT2D eigenvalue weighted by atomic mass is 9.89. The zero-order chi connectivity index (χ0) is 22.0. The van der Waals surface area contributed by atoms with Gasteiger partial charge in [0.1, 0.15) is 6.54 Å². The quantitative estimate of drug-likeness (QED) is 0.538. The lowest BCUT2D eigenvalue weighted by Crippen LogP contribution is -2.43. The van der Waals surface area contributed by atoms with Crippen LogP contribution in [0.15, 0.2) is 48.5 Å². The maximum absolute atomic E-state index is 13.0. The van der Waals surface area contributed by atoms with E-state index >= 15 is 0 Å². The third kappa shape index (κ3) is 3.89. The number of nitrogens with zero attached hydrogens (tertiary/aromatic N) is 1. The van der Waals surface area contributed by atoms with Crippen molar-refractivity contribution in [2.75, 3.05) is 24.8 Å². The van der Waals surface area contributed by atoms with Crippen LogP contribution in [-0.2, 0) is 24.7 Å². The molecule has 0 saturated heterocycles. The Morgan fingerprint density at radius 1 is 1.19 bits per heavy atom. The normalized spacial score (nSPS) is 19.0. The van der Waals surface area contributed by atoms with E-state index in [1.165, 1.54) is 6.08 Å². The minimum atomic E-state index is -2.06. The van der Waals surface area contributed by atoms with E-state index in [2.05, 4.69) is 0 Å². The number of esters is 1. The Bertz CT molecular complexity index is 1080. The summed E-state index contributed by atoms with van der Waals surface area (Å²) < 4.78 is 15.5. The topological polar surface area (TPSA) is 102 Å². The molecule has 1 amide bonds. The molecule has 0 bridgehead atoms. The number of anilines is 1. The van der Waals surface area contributed by atoms with Gasteiger partial charge in [-0.15, -0.1) is 0 Å². The second-order valence-electron chi connectivity index (χ2n) is 7.16. The predicted octanol–water partition coefficient (Wildman–Crippen LogP) is 2.19. The van der Waals surface area contributed by atoms with E-state index < -0.39 is 29.7 Å². The number of ether oxygens (including phenoxy) is 3. The number of benzene rings is 2. The van der Waals surface area contributed by atoms with Gasteiger partial charge in [0.05, 0.1) is 18.7 Å². The molecule has 31 heavy (non-hydrogen) atoms. The maximum atomic E-state index is 13.0. The van der Waals surface area contributed by atoms with Gasteiger partial charge in [0, 0.05) is 5.56 Å². The number of aliphatic hydroxyl groups is 1. The summed E-state index contributed by atoms with van der Waals surface area (Å²) >= 11 is 0. The van der Waals surface area contributed by atoms with Crippen molar-refractivity contribution in [2.45, 2.75) is 18.9 Å². The highest BCUT2D eigenvalue weighted by atomic mass is 16.7. The van der Waals surface area contributed by atoms with Gasteiger partial charge in [0.25, 0.3) is 5.91 Å². The molecule has 2 aromatic carbocycles. The van der Waals surface area contributed by atoms with E-state index in [9.17, 15) is 19.5 Å². The lowest BCUT2D eigenvalue weighted by Gasteiger charge is -2.21. The fourth-order valence-corrected chi connectivity index (χ4v) is 3.69. The molecule has 0 unspecified atom stereocenters. The van der Waals surface area contributed by atoms with Crippen molar-refractivity contribution in [2.24, 2.45) is 0 Å². The van der Waals surface area contributed by atoms with Gasteiger partial charge in [-0.2, -0.15) is 0 Å². The lowest BCUT2D eigenvalue weighted by molar-refractivity contribution is -0.145. The highest BCUT2D eigenvalue weighted by Gasteiger charge is 2.51. The maximum Gasteiger partial charge on any atom is 0.326 e. The van der Waals surface area contributed by atoms with Crippen molar-refractivity contribution in [3.63, 3.8) is 0 Å². The number of hydrogen-bond donors (Lipinski definition) is 1. The number of rotatable bonds is 7. The van der Waals surface area contributed by atoms with Crippen LogP contribution in [-0.4, -0.2) is 42.7 Å². The van der Waals surface area contributed by atoms with Crippen LogP contribution in [0.25, 0.3) is 6.08 Å². The van der Waals surface area contributed by atoms with Gasteiger partial charge >= 0.3 is 5.97 Å². The van der Waals surface area contributed by atoms with Gasteiger partial charge in [-0.1, -0.05) is 30.3 Å². The third-order valence-electron chi connectivity index (χ3n) is 5.12. The van der Waals surface area contributed by atoms with E-state index in [-0.39, 0.29) is 25.5 Å². The summed E-state index contributed by atoms with van der Waals surface area (Å²) in [7, 11) is 0. The molecule has 1 N–H and O–H groups in total. The Labute approximate surface area is 178 Å². The molecule has 2 heterocycles. The van der Waals surface area contributed by atoms with Crippen LogP contribution >= 0.6 is 0 Å². The molecule has 4 rings (SSSR count). The molecule has 0 spiro atoms. The van der Waals surface area contributed by atoms with Crippen LogP contribution in [0.5, 0.6) is 11.5 Å². The summed E-state index contributed by atoms with van der Waals surface area (Å²) in [5.41, 5.74) is -0.671. The zero-order valence-electron chi connectivity index (χ0n) is 16.9. The SMILES string of the molecule is CCOC(=O)CN1C(=O)[C@@](O)(CC(=O)/C=C\c2ccc3c(c2)OCO3)c2ccccc21. The van der Waals surface area contributed by atoms with E-state index in [1.807, 2.05) is 0 Å². The molecule has 160 valence electrons. The standard InChI is InChI=1S/C23H21NO7/c1-2-29-21(26)13-24-18-6-4-3-5-17(18)23(28,22(24)27)12-16(25)9-7-15-8-10-19-20(11-15)31-14-30-19/h3-11,28H,2,12-14H2,1H3/b9-7-/t23-/m1/s1. The first-order valence-electron chi connectivity index (χ1n) is 9.82. The van der Waals surface area contributed by atoms with Crippen LogP contribution < -0.4 is 14.4 Å². The first kappa shape index (κ1) is 20.6. The minimum absolute atomic E-state index is 0.151. The van der Waals surface area contributed by atoms with Crippen molar-refractivity contribution >= 4 is 29.4 Å². The Balaban J connectivity index is 1.53. The Kier molecular flexibility index (Phi) is 5.48. The predicted molar refractivity (Wildman–Crippen MR) is 111 cm³/mol. The van der Waals surface area contributed by atoms with Crippen LogP contribution in [0.4, 0.5) is 5.69 Å². The summed E-state index contributed by atoms with van der Waals surface area (Å²) in [6, 6.07) is 11.8. The van der Waals surface area contributed by atoms with Gasteiger partial charge in [-0.05, 0) is 36.8 Å². The Morgan fingerprint density at radius 3 is 2.77 bits per heavy atom. The summed E-state index contributed by atoms with van der Waals surface area (Å²) in [5.74, 6) is -0.549. The zero-order valence-corrected chi connectivity index (χ0v) is 16.9. The molecule has 8 nitrogen and oxygen atoms in total. The van der Waals surface area contributed by atoms with Crippen molar-refractivity contribution < 1.29 is 33.7 Å². The van der Waals surface area contributed by atoms with Crippen molar-refractivity contribution in [1.29, 1.82) is 0 Å². The van der Waals surface area contributed by atoms with E-state index in [1.54, 1.807) is 55.5 Å². The fourth-order valence-electron chi connectivity index (χ4n) is 3.69. The first-order valence-corrected chi connectivity index (χ1v) is 9.82. The molecule has 0 saturated carbocycles. The van der Waals surface area contributed by atoms with E-state index in [0.29, 0.717) is 22.7 Å². The number of carbonyl (C=O) groups excluding carboxylic acids is 3. The monoisotopic (exact) mass is 423 g/mol. The second kappa shape index (κ2) is 8.23. The Morgan fingerprint density at radius 2 is 1.97 bits per heavy atom. The van der Waals surface area contributed by atoms with Crippen LogP contribution in [0.3, 0.4) is 0 Å². The summed E-state index contributed by atoms with van der Waals surface area (Å²) in [5, 5.41) is 11.2. The molecule has 0 fully saturated rings. The smallest absolute Gasteiger partial charge is 0.326 e.